The fraction of sp³-hybridized carbons (Fsp3) is 0.462. The van der Waals surface area contributed by atoms with E-state index in [1.165, 1.54) is 0 Å². The number of thioether (sulfide) groups is 1. The fourth-order valence-electron chi connectivity index (χ4n) is 1.95. The number of nitrogen functional groups attached to an aromatic ring is 1. The first-order valence-electron chi connectivity index (χ1n) is 6.33. The lowest BCUT2D eigenvalue weighted by Crippen LogP contribution is -2.46. The van der Waals surface area contributed by atoms with Gasteiger partial charge in [0.15, 0.2) is 0 Å². The molecular formula is C13H18ClN3OS. The highest BCUT2D eigenvalue weighted by atomic mass is 35.5. The lowest BCUT2D eigenvalue weighted by molar-refractivity contribution is -0.131. The fourth-order valence-corrected chi connectivity index (χ4v) is 3.17. The first-order valence-corrected chi connectivity index (χ1v) is 7.69. The molecule has 104 valence electrons. The summed E-state index contributed by atoms with van der Waals surface area (Å²) >= 11 is 7.69. The lowest BCUT2D eigenvalue weighted by atomic mass is 10.3. The average molecular weight is 300 g/mol. The number of nitrogens with zero attached hydrogens (tertiary/aromatic N) is 1. The van der Waals surface area contributed by atoms with Crippen molar-refractivity contribution < 1.29 is 4.79 Å². The second-order valence-corrected chi connectivity index (χ2v) is 5.96. The third kappa shape index (κ3) is 4.30. The maximum Gasteiger partial charge on any atom is 0.223 e. The summed E-state index contributed by atoms with van der Waals surface area (Å²) in [6, 6.07) is 5.46. The Morgan fingerprint density at radius 1 is 1.42 bits per heavy atom. The first kappa shape index (κ1) is 14.5. The highest BCUT2D eigenvalue weighted by Crippen LogP contribution is 2.29. The van der Waals surface area contributed by atoms with E-state index in [9.17, 15) is 4.79 Å². The largest absolute Gasteiger partial charge is 0.399 e. The monoisotopic (exact) mass is 299 g/mol. The van der Waals surface area contributed by atoms with Gasteiger partial charge in [-0.15, -0.1) is 11.8 Å². The summed E-state index contributed by atoms with van der Waals surface area (Å²) in [7, 11) is 0. The molecule has 0 saturated carbocycles. The molecule has 0 atom stereocenters. The van der Waals surface area contributed by atoms with E-state index in [2.05, 4.69) is 5.32 Å². The zero-order chi connectivity index (χ0) is 13.7. The molecule has 1 aliphatic heterocycles. The maximum absolute atomic E-state index is 12.0. The summed E-state index contributed by atoms with van der Waals surface area (Å²) in [5.41, 5.74) is 6.30. The molecule has 1 aliphatic rings. The first-order chi connectivity index (χ1) is 9.16. The van der Waals surface area contributed by atoms with Crippen molar-refractivity contribution in [1.82, 2.24) is 10.2 Å². The second kappa shape index (κ2) is 7.03. The molecule has 2 rings (SSSR count). The summed E-state index contributed by atoms with van der Waals surface area (Å²) in [6.07, 6.45) is 0.547. The Bertz CT molecular complexity index is 450. The van der Waals surface area contributed by atoms with Crippen molar-refractivity contribution in [2.75, 3.05) is 37.7 Å². The van der Waals surface area contributed by atoms with Gasteiger partial charge in [0.1, 0.15) is 0 Å². The minimum atomic E-state index is 0.223. The molecule has 1 saturated heterocycles. The van der Waals surface area contributed by atoms with Crippen molar-refractivity contribution in [3.05, 3.63) is 23.2 Å². The molecule has 0 radical (unpaired) electrons. The average Bonchev–Trinajstić information content (AvgIpc) is 2.42. The van der Waals surface area contributed by atoms with Crippen LogP contribution in [0.15, 0.2) is 23.1 Å². The summed E-state index contributed by atoms with van der Waals surface area (Å²) in [5.74, 6) is 0.965. The molecule has 0 aromatic heterocycles. The minimum absolute atomic E-state index is 0.223. The van der Waals surface area contributed by atoms with Crippen LogP contribution in [0.5, 0.6) is 0 Å². The number of hydrogen-bond donors (Lipinski definition) is 2. The summed E-state index contributed by atoms with van der Waals surface area (Å²) in [5, 5.41) is 3.89. The van der Waals surface area contributed by atoms with E-state index in [4.69, 9.17) is 17.3 Å². The Labute approximate surface area is 122 Å². The highest BCUT2D eigenvalue weighted by molar-refractivity contribution is 7.99. The number of piperazine rings is 1. The number of carbonyl (C=O) groups is 1. The molecule has 0 aliphatic carbocycles. The lowest BCUT2D eigenvalue weighted by Gasteiger charge is -2.27. The number of amides is 1. The molecule has 19 heavy (non-hydrogen) atoms. The van der Waals surface area contributed by atoms with E-state index in [1.807, 2.05) is 17.0 Å². The SMILES string of the molecule is Nc1ccc(SCCC(=O)N2CCNCC2)c(Cl)c1. The highest BCUT2D eigenvalue weighted by Gasteiger charge is 2.15. The number of carbonyl (C=O) groups excluding carboxylic acids is 1. The van der Waals surface area contributed by atoms with E-state index in [0.29, 0.717) is 17.1 Å². The molecule has 1 fully saturated rings. The predicted octanol–water partition coefficient (Wildman–Crippen LogP) is 1.84. The van der Waals surface area contributed by atoms with E-state index < -0.39 is 0 Å². The van der Waals surface area contributed by atoms with Gasteiger partial charge in [-0.3, -0.25) is 4.79 Å². The minimum Gasteiger partial charge on any atom is -0.399 e. The van der Waals surface area contributed by atoms with Crippen molar-refractivity contribution in [3.8, 4) is 0 Å². The Morgan fingerprint density at radius 3 is 2.84 bits per heavy atom. The third-order valence-electron chi connectivity index (χ3n) is 3.00. The molecule has 4 nitrogen and oxygen atoms in total. The summed E-state index contributed by atoms with van der Waals surface area (Å²) in [6.45, 7) is 3.41. The van der Waals surface area contributed by atoms with Gasteiger partial charge in [-0.25, -0.2) is 0 Å². The Hall–Kier alpha value is -0.910. The number of hydrogen-bond acceptors (Lipinski definition) is 4. The van der Waals surface area contributed by atoms with Crippen LogP contribution < -0.4 is 11.1 Å². The van der Waals surface area contributed by atoms with E-state index in [0.717, 1.165) is 36.8 Å². The summed E-state index contributed by atoms with van der Waals surface area (Å²) in [4.78, 5) is 14.9. The van der Waals surface area contributed by atoms with E-state index in [1.54, 1.807) is 17.8 Å². The van der Waals surface area contributed by atoms with Crippen LogP contribution in [-0.2, 0) is 4.79 Å². The Balaban J connectivity index is 1.78. The van der Waals surface area contributed by atoms with Gasteiger partial charge in [-0.1, -0.05) is 11.6 Å². The van der Waals surface area contributed by atoms with Crippen LogP contribution in [0.25, 0.3) is 0 Å². The smallest absolute Gasteiger partial charge is 0.223 e. The number of nitrogens with one attached hydrogen (secondary N) is 1. The molecule has 3 N–H and O–H groups in total. The summed E-state index contributed by atoms with van der Waals surface area (Å²) < 4.78 is 0. The van der Waals surface area contributed by atoms with Crippen LogP contribution in [0.2, 0.25) is 5.02 Å². The van der Waals surface area contributed by atoms with Crippen molar-refractivity contribution in [1.29, 1.82) is 0 Å². The molecule has 1 heterocycles. The van der Waals surface area contributed by atoms with Gasteiger partial charge in [0.2, 0.25) is 5.91 Å². The standard InChI is InChI=1S/C13H18ClN3OS/c14-11-9-10(15)1-2-12(11)19-8-3-13(18)17-6-4-16-5-7-17/h1-2,9,16H,3-8,15H2. The molecule has 1 aromatic carbocycles. The van der Waals surface area contributed by atoms with Crippen LogP contribution in [0.4, 0.5) is 5.69 Å². The maximum atomic E-state index is 12.0. The number of nitrogens with two attached hydrogens (primary N) is 1. The Kier molecular flexibility index (Phi) is 5.36. The van der Waals surface area contributed by atoms with Gasteiger partial charge in [0, 0.05) is 48.9 Å². The van der Waals surface area contributed by atoms with E-state index >= 15 is 0 Å². The van der Waals surface area contributed by atoms with Crippen LogP contribution in [0, 0.1) is 0 Å². The van der Waals surface area contributed by atoms with Gasteiger partial charge >= 0.3 is 0 Å². The van der Waals surface area contributed by atoms with Crippen LogP contribution in [0.3, 0.4) is 0 Å². The number of anilines is 1. The van der Waals surface area contributed by atoms with Crippen molar-refractivity contribution >= 4 is 35.0 Å². The van der Waals surface area contributed by atoms with E-state index in [-0.39, 0.29) is 5.91 Å². The number of halogens is 1. The van der Waals surface area contributed by atoms with Crippen LogP contribution >= 0.6 is 23.4 Å². The molecule has 0 bridgehead atoms. The van der Waals surface area contributed by atoms with Gasteiger partial charge in [-0.2, -0.15) is 0 Å². The number of benzene rings is 1. The quantitative estimate of drug-likeness (QED) is 0.658. The number of rotatable bonds is 4. The molecular weight excluding hydrogens is 282 g/mol. The van der Waals surface area contributed by atoms with Gasteiger partial charge in [0.25, 0.3) is 0 Å². The molecule has 1 aromatic rings. The van der Waals surface area contributed by atoms with Crippen LogP contribution in [-0.4, -0.2) is 42.7 Å². The van der Waals surface area contributed by atoms with Crippen LogP contribution in [0.1, 0.15) is 6.42 Å². The molecule has 0 unspecified atom stereocenters. The topological polar surface area (TPSA) is 58.4 Å². The molecule has 0 spiro atoms. The molecule has 1 amide bonds. The zero-order valence-electron chi connectivity index (χ0n) is 10.7. The zero-order valence-corrected chi connectivity index (χ0v) is 12.3. The normalized spacial score (nSPS) is 15.5. The van der Waals surface area contributed by atoms with Crippen molar-refractivity contribution in [2.45, 2.75) is 11.3 Å². The van der Waals surface area contributed by atoms with Gasteiger partial charge < -0.3 is 16.0 Å². The van der Waals surface area contributed by atoms with Crippen molar-refractivity contribution in [3.63, 3.8) is 0 Å². The predicted molar refractivity (Wildman–Crippen MR) is 80.7 cm³/mol. The second-order valence-electron chi connectivity index (χ2n) is 4.42. The Morgan fingerprint density at radius 2 is 2.16 bits per heavy atom. The third-order valence-corrected chi connectivity index (χ3v) is 4.50. The van der Waals surface area contributed by atoms with Crippen molar-refractivity contribution in [2.24, 2.45) is 0 Å². The molecule has 6 heteroatoms. The van der Waals surface area contributed by atoms with Gasteiger partial charge in [-0.05, 0) is 18.2 Å². The van der Waals surface area contributed by atoms with Gasteiger partial charge in [0.05, 0.1) is 5.02 Å².